The first-order chi connectivity index (χ1) is 12.2. The smallest absolute Gasteiger partial charge is 0.309 e. The summed E-state index contributed by atoms with van der Waals surface area (Å²) in [6.07, 6.45) is 5.99. The van der Waals surface area contributed by atoms with Crippen molar-refractivity contribution in [2.24, 2.45) is 17.8 Å². The molecule has 0 bridgehead atoms. The van der Waals surface area contributed by atoms with E-state index in [0.717, 1.165) is 74.4 Å². The molecule has 2 unspecified atom stereocenters. The fourth-order valence-electron chi connectivity index (χ4n) is 3.90. The Morgan fingerprint density at radius 1 is 1.24 bits per heavy atom. The lowest BCUT2D eigenvalue weighted by Crippen LogP contribution is -2.33. The molecule has 5 heteroatoms. The van der Waals surface area contributed by atoms with Gasteiger partial charge in [0.2, 0.25) is 6.41 Å². The number of amides is 1. The average Bonchev–Trinajstić information content (AvgIpc) is 3.42. The molecule has 3 rings (SSSR count). The molecule has 1 heterocycles. The Morgan fingerprint density at radius 3 is 2.60 bits per heavy atom. The molecule has 1 amide bonds. The molecule has 2 fully saturated rings. The molecule has 1 aliphatic heterocycles. The number of methoxy groups -OCH3 is 1. The molecule has 2 aliphatic rings. The molecule has 0 radical (unpaired) electrons. The van der Waals surface area contributed by atoms with Crippen LogP contribution in [0.3, 0.4) is 0 Å². The number of rotatable bonds is 8. The summed E-state index contributed by atoms with van der Waals surface area (Å²) < 4.78 is 10.5. The standard InChI is InChI=1S/C20H27NO4/c1-24-20(23)12-15-2-4-18(5-3-15)25-11-8-17-13-19(17)16-6-9-21(14-22)10-7-16/h2-5,14,16-17,19H,6-13H2,1H3. The third-order valence-electron chi connectivity index (χ3n) is 5.56. The zero-order valence-electron chi connectivity index (χ0n) is 14.9. The van der Waals surface area contributed by atoms with Crippen molar-refractivity contribution in [3.8, 4) is 5.75 Å². The van der Waals surface area contributed by atoms with E-state index in [1.807, 2.05) is 29.2 Å². The normalized spacial score (nSPS) is 23.2. The van der Waals surface area contributed by atoms with Gasteiger partial charge in [0.25, 0.3) is 0 Å². The number of hydrogen-bond acceptors (Lipinski definition) is 4. The molecule has 25 heavy (non-hydrogen) atoms. The minimum absolute atomic E-state index is 0.229. The van der Waals surface area contributed by atoms with E-state index >= 15 is 0 Å². The van der Waals surface area contributed by atoms with Gasteiger partial charge in [-0.25, -0.2) is 0 Å². The third-order valence-corrected chi connectivity index (χ3v) is 5.56. The molecule has 0 spiro atoms. The molecule has 1 aromatic rings. The second-order valence-corrected chi connectivity index (χ2v) is 7.17. The molecule has 0 aromatic heterocycles. The number of carbonyl (C=O) groups is 2. The van der Waals surface area contributed by atoms with Crippen LogP contribution < -0.4 is 4.74 Å². The van der Waals surface area contributed by atoms with Crippen LogP contribution in [0.5, 0.6) is 5.75 Å². The summed E-state index contributed by atoms with van der Waals surface area (Å²) in [4.78, 5) is 23.9. The number of benzene rings is 1. The van der Waals surface area contributed by atoms with E-state index < -0.39 is 0 Å². The van der Waals surface area contributed by atoms with Crippen LogP contribution in [0.25, 0.3) is 0 Å². The van der Waals surface area contributed by atoms with Gasteiger partial charge in [0.05, 0.1) is 20.1 Å². The topological polar surface area (TPSA) is 55.8 Å². The Balaban J connectivity index is 1.34. The van der Waals surface area contributed by atoms with Crippen molar-refractivity contribution >= 4 is 12.4 Å². The van der Waals surface area contributed by atoms with Crippen LogP contribution in [-0.4, -0.2) is 44.1 Å². The van der Waals surface area contributed by atoms with E-state index in [4.69, 9.17) is 4.74 Å². The van der Waals surface area contributed by atoms with Gasteiger partial charge in [-0.05, 0) is 61.1 Å². The van der Waals surface area contributed by atoms with E-state index in [-0.39, 0.29) is 5.97 Å². The molecule has 1 aromatic carbocycles. The summed E-state index contributed by atoms with van der Waals surface area (Å²) in [5, 5.41) is 0. The molecule has 1 saturated carbocycles. The Bertz CT molecular complexity index is 578. The van der Waals surface area contributed by atoms with Gasteiger partial charge >= 0.3 is 5.97 Å². The van der Waals surface area contributed by atoms with Crippen molar-refractivity contribution in [2.45, 2.75) is 32.1 Å². The third kappa shape index (κ3) is 4.97. The summed E-state index contributed by atoms with van der Waals surface area (Å²) in [5.74, 6) is 3.03. The number of esters is 1. The first kappa shape index (κ1) is 17.8. The number of likely N-dealkylation sites (tertiary alicyclic amines) is 1. The maximum absolute atomic E-state index is 11.2. The molecular formula is C20H27NO4. The minimum atomic E-state index is -0.229. The van der Waals surface area contributed by atoms with Gasteiger partial charge < -0.3 is 14.4 Å². The van der Waals surface area contributed by atoms with E-state index in [1.165, 1.54) is 13.5 Å². The molecule has 1 aliphatic carbocycles. The summed E-state index contributed by atoms with van der Waals surface area (Å²) in [6, 6.07) is 7.65. The van der Waals surface area contributed by atoms with Crippen molar-refractivity contribution in [3.05, 3.63) is 29.8 Å². The van der Waals surface area contributed by atoms with Crippen molar-refractivity contribution in [1.29, 1.82) is 0 Å². The van der Waals surface area contributed by atoms with Crippen LogP contribution in [-0.2, 0) is 20.7 Å². The van der Waals surface area contributed by atoms with Crippen LogP contribution >= 0.6 is 0 Å². The lowest BCUT2D eigenvalue weighted by Gasteiger charge is -2.29. The van der Waals surface area contributed by atoms with Crippen molar-refractivity contribution in [1.82, 2.24) is 4.90 Å². The highest BCUT2D eigenvalue weighted by atomic mass is 16.5. The van der Waals surface area contributed by atoms with Gasteiger partial charge in [0.15, 0.2) is 0 Å². The quantitative estimate of drug-likeness (QED) is 0.537. The second-order valence-electron chi connectivity index (χ2n) is 7.17. The predicted molar refractivity (Wildman–Crippen MR) is 94.2 cm³/mol. The van der Waals surface area contributed by atoms with Gasteiger partial charge in [-0.3, -0.25) is 9.59 Å². The van der Waals surface area contributed by atoms with Gasteiger partial charge in [0, 0.05) is 13.1 Å². The van der Waals surface area contributed by atoms with Gasteiger partial charge in [-0.15, -0.1) is 0 Å². The maximum Gasteiger partial charge on any atom is 0.309 e. The van der Waals surface area contributed by atoms with Crippen LogP contribution in [0.15, 0.2) is 24.3 Å². The summed E-state index contributed by atoms with van der Waals surface area (Å²) >= 11 is 0. The molecule has 1 saturated heterocycles. The van der Waals surface area contributed by atoms with Crippen LogP contribution in [0.4, 0.5) is 0 Å². The Labute approximate surface area is 149 Å². The SMILES string of the molecule is COC(=O)Cc1ccc(OCCC2CC2C2CCN(C=O)CC2)cc1. The number of ether oxygens (including phenoxy) is 2. The Hall–Kier alpha value is -2.04. The largest absolute Gasteiger partial charge is 0.494 e. The number of nitrogens with zero attached hydrogens (tertiary/aromatic N) is 1. The van der Waals surface area contributed by atoms with Gasteiger partial charge in [-0.1, -0.05) is 12.1 Å². The number of carbonyl (C=O) groups excluding carboxylic acids is 2. The predicted octanol–water partition coefficient (Wildman–Crippen LogP) is 2.68. The molecular weight excluding hydrogens is 318 g/mol. The molecule has 2 atom stereocenters. The van der Waals surface area contributed by atoms with Gasteiger partial charge in [-0.2, -0.15) is 0 Å². The monoisotopic (exact) mass is 345 g/mol. The van der Waals surface area contributed by atoms with Crippen LogP contribution in [0, 0.1) is 17.8 Å². The summed E-state index contributed by atoms with van der Waals surface area (Å²) in [6.45, 7) is 2.59. The zero-order chi connectivity index (χ0) is 17.6. The van der Waals surface area contributed by atoms with Crippen molar-refractivity contribution < 1.29 is 19.1 Å². The lowest BCUT2D eigenvalue weighted by molar-refractivity contribution is -0.139. The van der Waals surface area contributed by atoms with E-state index in [1.54, 1.807) is 0 Å². The number of hydrogen-bond donors (Lipinski definition) is 0. The van der Waals surface area contributed by atoms with E-state index in [0.29, 0.717) is 6.42 Å². The summed E-state index contributed by atoms with van der Waals surface area (Å²) in [5.41, 5.74) is 0.933. The number of piperidine rings is 1. The highest BCUT2D eigenvalue weighted by molar-refractivity contribution is 5.72. The average molecular weight is 345 g/mol. The molecule has 136 valence electrons. The highest BCUT2D eigenvalue weighted by Crippen LogP contribution is 2.49. The fraction of sp³-hybridized carbons (Fsp3) is 0.600. The second kappa shape index (κ2) is 8.37. The van der Waals surface area contributed by atoms with Crippen LogP contribution in [0.2, 0.25) is 0 Å². The molecule has 0 N–H and O–H groups in total. The van der Waals surface area contributed by atoms with E-state index in [2.05, 4.69) is 4.74 Å². The zero-order valence-corrected chi connectivity index (χ0v) is 14.9. The first-order valence-electron chi connectivity index (χ1n) is 9.17. The Morgan fingerprint density at radius 2 is 1.96 bits per heavy atom. The van der Waals surface area contributed by atoms with Crippen molar-refractivity contribution in [3.63, 3.8) is 0 Å². The summed E-state index contributed by atoms with van der Waals surface area (Å²) in [7, 11) is 1.40. The lowest BCUT2D eigenvalue weighted by atomic mass is 9.91. The fourth-order valence-corrected chi connectivity index (χ4v) is 3.90. The highest BCUT2D eigenvalue weighted by Gasteiger charge is 2.42. The van der Waals surface area contributed by atoms with Crippen molar-refractivity contribution in [2.75, 3.05) is 26.8 Å². The Kier molecular flexibility index (Phi) is 5.95. The first-order valence-corrected chi connectivity index (χ1v) is 9.17. The van der Waals surface area contributed by atoms with E-state index in [9.17, 15) is 9.59 Å². The van der Waals surface area contributed by atoms with Crippen LogP contribution in [0.1, 0.15) is 31.2 Å². The molecule has 5 nitrogen and oxygen atoms in total. The van der Waals surface area contributed by atoms with Gasteiger partial charge in [0.1, 0.15) is 5.75 Å². The maximum atomic E-state index is 11.2. The minimum Gasteiger partial charge on any atom is -0.494 e.